The molecule has 1 aliphatic heterocycles. The summed E-state index contributed by atoms with van der Waals surface area (Å²) in [6.45, 7) is 4.68. The molecule has 128 valence electrons. The lowest BCUT2D eigenvalue weighted by atomic mass is 10.1. The van der Waals surface area contributed by atoms with Gasteiger partial charge in [-0.3, -0.25) is 9.36 Å². The Morgan fingerprint density at radius 2 is 1.85 bits per heavy atom. The van der Waals surface area contributed by atoms with Gasteiger partial charge in [-0.25, -0.2) is 9.37 Å². The molecule has 1 aromatic heterocycles. The Balaban J connectivity index is 1.77. The molecule has 26 heavy (non-hydrogen) atoms. The Kier molecular flexibility index (Phi) is 4.14. The van der Waals surface area contributed by atoms with Crippen LogP contribution in [-0.4, -0.2) is 9.55 Å². The summed E-state index contributed by atoms with van der Waals surface area (Å²) in [5.74, 6) is 6.46. The molecular weight excluding hydrogens is 327 g/mol. The van der Waals surface area contributed by atoms with E-state index in [2.05, 4.69) is 18.4 Å². The Hall–Kier alpha value is -3.19. The van der Waals surface area contributed by atoms with E-state index in [4.69, 9.17) is 4.98 Å². The highest BCUT2D eigenvalue weighted by Gasteiger charge is 2.15. The van der Waals surface area contributed by atoms with Crippen LogP contribution in [0.4, 0.5) is 4.39 Å². The number of allylic oxidation sites excluding steroid dienone is 1. The van der Waals surface area contributed by atoms with Crippen LogP contribution < -0.4 is 5.56 Å². The van der Waals surface area contributed by atoms with Gasteiger partial charge in [-0.2, -0.15) is 0 Å². The van der Waals surface area contributed by atoms with E-state index in [9.17, 15) is 9.18 Å². The lowest BCUT2D eigenvalue weighted by Gasteiger charge is -2.09. The first-order chi connectivity index (χ1) is 12.6. The van der Waals surface area contributed by atoms with Crippen LogP contribution in [0.3, 0.4) is 0 Å². The Bertz CT molecular complexity index is 1150. The Morgan fingerprint density at radius 3 is 2.65 bits per heavy atom. The van der Waals surface area contributed by atoms with Crippen molar-refractivity contribution in [1.29, 1.82) is 0 Å². The number of fused-ring (bicyclic) bond motifs is 2. The van der Waals surface area contributed by atoms with E-state index < -0.39 is 0 Å². The molecule has 0 saturated carbocycles. The molecule has 0 saturated heterocycles. The van der Waals surface area contributed by atoms with Gasteiger partial charge >= 0.3 is 0 Å². The smallest absolute Gasteiger partial charge is 0.261 e. The van der Waals surface area contributed by atoms with Crippen molar-refractivity contribution in [2.75, 3.05) is 0 Å². The molecule has 2 aromatic carbocycles. The van der Waals surface area contributed by atoms with Gasteiger partial charge in [0.25, 0.3) is 5.56 Å². The third-order valence-corrected chi connectivity index (χ3v) is 4.60. The minimum absolute atomic E-state index is 0.00987. The van der Waals surface area contributed by atoms with Gasteiger partial charge < -0.3 is 0 Å². The van der Waals surface area contributed by atoms with Gasteiger partial charge in [0.2, 0.25) is 0 Å². The number of benzene rings is 2. The van der Waals surface area contributed by atoms with Crippen LogP contribution in [0.2, 0.25) is 0 Å². The molecule has 0 spiro atoms. The molecule has 0 unspecified atom stereocenters. The van der Waals surface area contributed by atoms with Crippen LogP contribution in [0, 0.1) is 17.7 Å². The first kappa shape index (κ1) is 16.3. The molecule has 2 heterocycles. The molecule has 0 fully saturated rings. The van der Waals surface area contributed by atoms with E-state index in [0.717, 1.165) is 36.2 Å². The van der Waals surface area contributed by atoms with Crippen molar-refractivity contribution in [3.8, 4) is 11.8 Å². The maximum atomic E-state index is 13.2. The lowest BCUT2D eigenvalue weighted by molar-refractivity contribution is 0.627. The highest BCUT2D eigenvalue weighted by Crippen LogP contribution is 2.18. The van der Waals surface area contributed by atoms with Crippen LogP contribution in [0.25, 0.3) is 10.9 Å². The molecule has 0 atom stereocenters. The van der Waals surface area contributed by atoms with Gasteiger partial charge in [0.1, 0.15) is 11.6 Å². The monoisotopic (exact) mass is 344 g/mol. The zero-order valence-corrected chi connectivity index (χ0v) is 14.3. The zero-order chi connectivity index (χ0) is 18.1. The van der Waals surface area contributed by atoms with E-state index in [1.165, 1.54) is 12.1 Å². The highest BCUT2D eigenvalue weighted by atomic mass is 19.1. The van der Waals surface area contributed by atoms with E-state index in [1.54, 1.807) is 28.8 Å². The third kappa shape index (κ3) is 3.16. The minimum atomic E-state index is -0.311. The van der Waals surface area contributed by atoms with Crippen LogP contribution >= 0.6 is 0 Å². The topological polar surface area (TPSA) is 34.9 Å². The number of nitrogens with zero attached hydrogens (tertiary/aromatic N) is 2. The summed E-state index contributed by atoms with van der Waals surface area (Å²) in [6, 6.07) is 11.6. The average molecular weight is 344 g/mol. The number of aryl methyl sites for hydroxylation is 1. The summed E-state index contributed by atoms with van der Waals surface area (Å²) in [4.78, 5) is 17.5. The molecular formula is C22H17FN2O. The average Bonchev–Trinajstić information content (AvgIpc) is 2.82. The standard InChI is InChI=1S/C22H17FN2O/c1-15-5-10-21-24-20-14-17(7-6-16-3-2-4-18(23)13-16)8-9-19(20)22(26)25(21)12-11-15/h2-4,8-9,13-14H,1,5,10-12H2. The summed E-state index contributed by atoms with van der Waals surface area (Å²) in [5, 5.41) is 0.595. The molecule has 3 nitrogen and oxygen atoms in total. The second kappa shape index (κ2) is 6.61. The fraction of sp³-hybridized carbons (Fsp3) is 0.182. The van der Waals surface area contributed by atoms with Gasteiger partial charge in [-0.1, -0.05) is 30.1 Å². The quantitative estimate of drug-likeness (QED) is 0.459. The van der Waals surface area contributed by atoms with E-state index in [-0.39, 0.29) is 11.4 Å². The summed E-state index contributed by atoms with van der Waals surface area (Å²) < 4.78 is 15.0. The summed E-state index contributed by atoms with van der Waals surface area (Å²) in [7, 11) is 0. The van der Waals surface area contributed by atoms with Crippen LogP contribution in [0.1, 0.15) is 29.8 Å². The zero-order valence-electron chi connectivity index (χ0n) is 14.3. The molecule has 0 radical (unpaired) electrons. The summed E-state index contributed by atoms with van der Waals surface area (Å²) >= 11 is 0. The van der Waals surface area contributed by atoms with E-state index in [1.807, 2.05) is 6.07 Å². The van der Waals surface area contributed by atoms with Gasteiger partial charge in [-0.05, 0) is 49.2 Å². The number of hydrogen-bond acceptors (Lipinski definition) is 2. The number of rotatable bonds is 0. The molecule has 0 amide bonds. The van der Waals surface area contributed by atoms with E-state index in [0.29, 0.717) is 23.0 Å². The van der Waals surface area contributed by atoms with Crippen LogP contribution in [0.15, 0.2) is 59.4 Å². The summed E-state index contributed by atoms with van der Waals surface area (Å²) in [5.41, 5.74) is 3.15. The fourth-order valence-electron chi connectivity index (χ4n) is 3.16. The molecule has 0 bridgehead atoms. The van der Waals surface area contributed by atoms with Gasteiger partial charge in [-0.15, -0.1) is 0 Å². The SMILES string of the molecule is C=C1CCc2nc3cc(C#Cc4cccc(F)c4)ccc3c(=O)n2CC1. The van der Waals surface area contributed by atoms with Crippen molar-refractivity contribution in [1.82, 2.24) is 9.55 Å². The summed E-state index contributed by atoms with van der Waals surface area (Å²) in [6.07, 6.45) is 2.40. The molecule has 0 aliphatic carbocycles. The number of halogens is 1. The van der Waals surface area contributed by atoms with Crippen molar-refractivity contribution >= 4 is 10.9 Å². The lowest BCUT2D eigenvalue weighted by Crippen LogP contribution is -2.24. The second-order valence-corrected chi connectivity index (χ2v) is 6.48. The first-order valence-corrected chi connectivity index (χ1v) is 8.58. The third-order valence-electron chi connectivity index (χ3n) is 4.60. The van der Waals surface area contributed by atoms with Crippen molar-refractivity contribution in [3.05, 3.63) is 87.7 Å². The second-order valence-electron chi connectivity index (χ2n) is 6.48. The highest BCUT2D eigenvalue weighted by molar-refractivity contribution is 5.79. The normalized spacial score (nSPS) is 13.7. The number of hydrogen-bond donors (Lipinski definition) is 0. The van der Waals surface area contributed by atoms with Gasteiger partial charge in [0.05, 0.1) is 10.9 Å². The molecule has 4 heteroatoms. The molecule has 3 aromatic rings. The fourth-order valence-corrected chi connectivity index (χ4v) is 3.16. The van der Waals surface area contributed by atoms with Crippen molar-refractivity contribution in [3.63, 3.8) is 0 Å². The number of aromatic nitrogens is 2. The minimum Gasteiger partial charge on any atom is -0.296 e. The predicted octanol–water partition coefficient (Wildman–Crippen LogP) is 3.83. The van der Waals surface area contributed by atoms with Crippen molar-refractivity contribution in [2.45, 2.75) is 25.8 Å². The van der Waals surface area contributed by atoms with Crippen molar-refractivity contribution < 1.29 is 4.39 Å². The van der Waals surface area contributed by atoms with Crippen LogP contribution in [-0.2, 0) is 13.0 Å². The van der Waals surface area contributed by atoms with Gasteiger partial charge in [0.15, 0.2) is 0 Å². The molecule has 0 N–H and O–H groups in total. The Labute approximate surface area is 150 Å². The van der Waals surface area contributed by atoms with Crippen molar-refractivity contribution in [2.24, 2.45) is 0 Å². The largest absolute Gasteiger partial charge is 0.296 e. The molecule has 4 rings (SSSR count). The Morgan fingerprint density at radius 1 is 1.04 bits per heavy atom. The maximum absolute atomic E-state index is 13.2. The predicted molar refractivity (Wildman–Crippen MR) is 100 cm³/mol. The van der Waals surface area contributed by atoms with Gasteiger partial charge in [0, 0.05) is 24.1 Å². The molecule has 1 aliphatic rings. The first-order valence-electron chi connectivity index (χ1n) is 8.58. The van der Waals surface area contributed by atoms with Crippen LogP contribution in [0.5, 0.6) is 0 Å². The van der Waals surface area contributed by atoms with E-state index >= 15 is 0 Å². The maximum Gasteiger partial charge on any atom is 0.261 e.